The molecule has 0 saturated carbocycles. The summed E-state index contributed by atoms with van der Waals surface area (Å²) >= 11 is 0. The molecule has 0 aliphatic carbocycles. The highest BCUT2D eigenvalue weighted by Gasteiger charge is 2.11. The topological polar surface area (TPSA) is 94.1 Å². The molecule has 0 unspecified atom stereocenters. The number of hydrogen-bond donors (Lipinski definition) is 2. The number of nitrogens with zero attached hydrogens (tertiary/aromatic N) is 2. The van der Waals surface area contributed by atoms with E-state index in [1.807, 2.05) is 24.3 Å². The maximum absolute atomic E-state index is 10.9. The van der Waals surface area contributed by atoms with E-state index in [2.05, 4.69) is 10.3 Å². The van der Waals surface area contributed by atoms with E-state index in [-0.39, 0.29) is 5.69 Å². The number of benzene rings is 1. The molecule has 6 nitrogen and oxygen atoms in total. The summed E-state index contributed by atoms with van der Waals surface area (Å²) in [5, 5.41) is 13.9. The summed E-state index contributed by atoms with van der Waals surface area (Å²) in [6.45, 7) is 2.73. The largest absolute Gasteiger partial charge is 0.366 e. The maximum Gasteiger partial charge on any atom is 0.277 e. The van der Waals surface area contributed by atoms with Gasteiger partial charge in [-0.25, -0.2) is 4.98 Å². The van der Waals surface area contributed by atoms with Crippen molar-refractivity contribution in [2.24, 2.45) is 5.73 Å². The lowest BCUT2D eigenvalue weighted by Gasteiger charge is -2.07. The Kier molecular flexibility index (Phi) is 4.27. The van der Waals surface area contributed by atoms with Gasteiger partial charge in [-0.2, -0.15) is 0 Å². The lowest BCUT2D eigenvalue weighted by atomic mass is 10.1. The maximum atomic E-state index is 10.9. The van der Waals surface area contributed by atoms with E-state index in [1.54, 1.807) is 6.92 Å². The predicted octanol–water partition coefficient (Wildman–Crippen LogP) is 2.37. The van der Waals surface area contributed by atoms with Gasteiger partial charge in [-0.1, -0.05) is 24.3 Å². The Bertz CT molecular complexity index is 611. The summed E-state index contributed by atoms with van der Waals surface area (Å²) in [5.41, 5.74) is 8.28. The molecule has 0 radical (unpaired) electrons. The Morgan fingerprint density at radius 1 is 1.30 bits per heavy atom. The molecule has 6 heteroatoms. The Balaban J connectivity index is 2.06. The van der Waals surface area contributed by atoms with Gasteiger partial charge in [0.15, 0.2) is 0 Å². The highest BCUT2D eigenvalue weighted by molar-refractivity contribution is 5.49. The van der Waals surface area contributed by atoms with Crippen LogP contribution in [0.25, 0.3) is 0 Å². The van der Waals surface area contributed by atoms with E-state index in [0.29, 0.717) is 24.5 Å². The van der Waals surface area contributed by atoms with Crippen LogP contribution in [0, 0.1) is 17.0 Å². The second-order valence-corrected chi connectivity index (χ2v) is 4.49. The highest BCUT2D eigenvalue weighted by Crippen LogP contribution is 2.20. The molecule has 0 bridgehead atoms. The van der Waals surface area contributed by atoms with Gasteiger partial charge >= 0.3 is 0 Å². The fraction of sp³-hybridized carbons (Fsp3) is 0.214. The second kappa shape index (κ2) is 6.12. The quantitative estimate of drug-likeness (QED) is 0.643. The number of anilines is 1. The number of hydrogen-bond acceptors (Lipinski definition) is 5. The van der Waals surface area contributed by atoms with Gasteiger partial charge in [-0.15, -0.1) is 0 Å². The molecule has 20 heavy (non-hydrogen) atoms. The molecular weight excluding hydrogens is 256 g/mol. The van der Waals surface area contributed by atoms with E-state index in [1.165, 1.54) is 12.3 Å². The summed E-state index contributed by atoms with van der Waals surface area (Å²) < 4.78 is 0. The van der Waals surface area contributed by atoms with E-state index in [0.717, 1.165) is 11.1 Å². The minimum absolute atomic E-state index is 0.0704. The van der Waals surface area contributed by atoms with Gasteiger partial charge in [0.05, 0.1) is 11.0 Å². The minimum atomic E-state index is -0.405. The molecule has 1 aromatic carbocycles. The Hall–Kier alpha value is -2.47. The summed E-state index contributed by atoms with van der Waals surface area (Å²) in [4.78, 5) is 14.6. The molecule has 0 aliphatic heterocycles. The Morgan fingerprint density at radius 2 is 1.95 bits per heavy atom. The number of aryl methyl sites for hydroxylation is 1. The average molecular weight is 272 g/mol. The van der Waals surface area contributed by atoms with Gasteiger partial charge in [-0.05, 0) is 18.1 Å². The van der Waals surface area contributed by atoms with E-state index in [9.17, 15) is 10.1 Å². The second-order valence-electron chi connectivity index (χ2n) is 4.49. The lowest BCUT2D eigenvalue weighted by Crippen LogP contribution is -2.03. The molecular formula is C14H16N4O2. The van der Waals surface area contributed by atoms with Crippen molar-refractivity contribution in [1.82, 2.24) is 4.98 Å². The minimum Gasteiger partial charge on any atom is -0.366 e. The van der Waals surface area contributed by atoms with Gasteiger partial charge in [0, 0.05) is 24.8 Å². The average Bonchev–Trinajstić information content (AvgIpc) is 2.46. The van der Waals surface area contributed by atoms with Crippen molar-refractivity contribution in [3.63, 3.8) is 0 Å². The first kappa shape index (κ1) is 14.0. The number of aromatic nitrogens is 1. The van der Waals surface area contributed by atoms with Crippen molar-refractivity contribution in [3.8, 4) is 0 Å². The van der Waals surface area contributed by atoms with Crippen LogP contribution < -0.4 is 11.1 Å². The third-order valence-corrected chi connectivity index (χ3v) is 3.00. The standard InChI is InChI=1S/C14H16N4O2/c1-10-8-16-14(6-13(10)18(19)20)17-9-12-4-2-11(7-15)3-5-12/h2-6,8H,7,9,15H2,1H3,(H,16,17). The van der Waals surface area contributed by atoms with Crippen LogP contribution in [0.5, 0.6) is 0 Å². The fourth-order valence-corrected chi connectivity index (χ4v) is 1.79. The molecule has 0 aliphatic rings. The highest BCUT2D eigenvalue weighted by atomic mass is 16.6. The Labute approximate surface area is 116 Å². The molecule has 0 spiro atoms. The molecule has 2 rings (SSSR count). The summed E-state index contributed by atoms with van der Waals surface area (Å²) in [7, 11) is 0. The normalized spacial score (nSPS) is 10.3. The predicted molar refractivity (Wildman–Crippen MR) is 77.3 cm³/mol. The summed E-state index contributed by atoms with van der Waals surface area (Å²) in [6.07, 6.45) is 1.50. The van der Waals surface area contributed by atoms with Crippen LogP contribution >= 0.6 is 0 Å². The molecule has 0 amide bonds. The molecule has 0 saturated heterocycles. The van der Waals surface area contributed by atoms with Crippen LogP contribution in [0.15, 0.2) is 36.5 Å². The third-order valence-electron chi connectivity index (χ3n) is 3.00. The molecule has 2 aromatic rings. The Morgan fingerprint density at radius 3 is 2.55 bits per heavy atom. The van der Waals surface area contributed by atoms with Crippen LogP contribution in [-0.2, 0) is 13.1 Å². The van der Waals surface area contributed by atoms with E-state index in [4.69, 9.17) is 5.73 Å². The van der Waals surface area contributed by atoms with Crippen molar-refractivity contribution in [3.05, 3.63) is 63.3 Å². The SMILES string of the molecule is Cc1cnc(NCc2ccc(CN)cc2)cc1[N+](=O)[O-]. The number of nitrogens with one attached hydrogen (secondary N) is 1. The first-order chi connectivity index (χ1) is 9.60. The molecule has 1 aromatic heterocycles. The van der Waals surface area contributed by atoms with Gasteiger partial charge in [0.25, 0.3) is 5.69 Å². The molecule has 1 heterocycles. The number of rotatable bonds is 5. The molecule has 0 atom stereocenters. The van der Waals surface area contributed by atoms with Crippen molar-refractivity contribution in [1.29, 1.82) is 0 Å². The first-order valence-corrected chi connectivity index (χ1v) is 6.23. The zero-order valence-corrected chi connectivity index (χ0v) is 11.2. The van der Waals surface area contributed by atoms with Gasteiger partial charge in [-0.3, -0.25) is 10.1 Å². The van der Waals surface area contributed by atoms with Gasteiger partial charge < -0.3 is 11.1 Å². The van der Waals surface area contributed by atoms with Gasteiger partial charge in [0.2, 0.25) is 0 Å². The number of nitro groups is 1. The fourth-order valence-electron chi connectivity index (χ4n) is 1.79. The van der Waals surface area contributed by atoms with Crippen molar-refractivity contribution >= 4 is 11.5 Å². The summed E-state index contributed by atoms with van der Waals surface area (Å²) in [6, 6.07) is 9.31. The van der Waals surface area contributed by atoms with Crippen LogP contribution in [0.4, 0.5) is 11.5 Å². The van der Waals surface area contributed by atoms with Crippen molar-refractivity contribution in [2.45, 2.75) is 20.0 Å². The third kappa shape index (κ3) is 3.30. The molecule has 3 N–H and O–H groups in total. The summed E-state index contributed by atoms with van der Waals surface area (Å²) in [5.74, 6) is 0.491. The lowest BCUT2D eigenvalue weighted by molar-refractivity contribution is -0.385. The van der Waals surface area contributed by atoms with Crippen molar-refractivity contribution in [2.75, 3.05) is 5.32 Å². The van der Waals surface area contributed by atoms with Gasteiger partial charge in [0.1, 0.15) is 5.82 Å². The number of pyridine rings is 1. The first-order valence-electron chi connectivity index (χ1n) is 6.23. The van der Waals surface area contributed by atoms with E-state index >= 15 is 0 Å². The van der Waals surface area contributed by atoms with Crippen LogP contribution in [0.2, 0.25) is 0 Å². The van der Waals surface area contributed by atoms with Crippen LogP contribution in [0.3, 0.4) is 0 Å². The van der Waals surface area contributed by atoms with Crippen molar-refractivity contribution < 1.29 is 4.92 Å². The van der Waals surface area contributed by atoms with E-state index < -0.39 is 4.92 Å². The number of nitrogens with two attached hydrogens (primary N) is 1. The monoisotopic (exact) mass is 272 g/mol. The molecule has 0 fully saturated rings. The zero-order valence-electron chi connectivity index (χ0n) is 11.2. The smallest absolute Gasteiger partial charge is 0.277 e. The zero-order chi connectivity index (χ0) is 14.5. The van der Waals surface area contributed by atoms with Crippen LogP contribution in [0.1, 0.15) is 16.7 Å². The molecule has 104 valence electrons. The van der Waals surface area contributed by atoms with Crippen LogP contribution in [-0.4, -0.2) is 9.91 Å².